The Kier molecular flexibility index (Phi) is 9.93. The smallest absolute Gasteiger partial charge is 0.306 e. The molecule has 3 fully saturated rings. The molecule has 0 unspecified atom stereocenters. The summed E-state index contributed by atoms with van der Waals surface area (Å²) in [6.07, 6.45) is 5.39. The minimum absolute atomic E-state index is 0.0956. The molecular weight excluding hydrogens is 612 g/mol. The number of nitrogens with zero attached hydrogens (tertiary/aromatic N) is 2. The Balaban J connectivity index is 1.40. The Morgan fingerprint density at radius 3 is 2.54 bits per heavy atom. The van der Waals surface area contributed by atoms with E-state index in [1.807, 2.05) is 39.0 Å². The largest absolute Gasteiger partial charge is 0.466 e. The molecule has 13 heteroatoms. The third kappa shape index (κ3) is 7.79. The fourth-order valence-electron chi connectivity index (χ4n) is 6.34. The molecule has 2 N–H and O–H groups in total. The topological polar surface area (TPSA) is 161 Å². The van der Waals surface area contributed by atoms with Crippen molar-refractivity contribution in [2.75, 3.05) is 13.2 Å². The van der Waals surface area contributed by atoms with Crippen LogP contribution in [-0.4, -0.2) is 78.1 Å². The van der Waals surface area contributed by atoms with E-state index in [0.717, 1.165) is 30.7 Å². The molecule has 3 heterocycles. The molecule has 2 saturated carbocycles. The minimum atomic E-state index is -3.85. The maximum absolute atomic E-state index is 14.2. The molecule has 4 bridgehead atoms. The van der Waals surface area contributed by atoms with Crippen molar-refractivity contribution in [2.45, 2.75) is 108 Å². The molecule has 12 nitrogen and oxygen atoms in total. The molecule has 5 rings (SSSR count). The van der Waals surface area contributed by atoms with Gasteiger partial charge in [0, 0.05) is 24.6 Å². The first kappa shape index (κ1) is 34.0. The van der Waals surface area contributed by atoms with Gasteiger partial charge >= 0.3 is 5.97 Å². The van der Waals surface area contributed by atoms with Gasteiger partial charge in [-0.2, -0.15) is 0 Å². The highest BCUT2D eigenvalue weighted by atomic mass is 32.2. The molecular formula is C33H46N4O8S. The number of hydrogen-bond acceptors (Lipinski definition) is 9. The van der Waals surface area contributed by atoms with Crippen molar-refractivity contribution in [3.8, 4) is 0 Å². The van der Waals surface area contributed by atoms with Crippen LogP contribution in [0.3, 0.4) is 0 Å². The van der Waals surface area contributed by atoms with Gasteiger partial charge in [-0.3, -0.25) is 28.9 Å². The average molecular weight is 659 g/mol. The Labute approximate surface area is 271 Å². The Morgan fingerprint density at radius 2 is 1.87 bits per heavy atom. The van der Waals surface area contributed by atoms with Crippen LogP contribution in [0.1, 0.15) is 83.5 Å². The highest BCUT2D eigenvalue weighted by Crippen LogP contribution is 2.45. The van der Waals surface area contributed by atoms with Gasteiger partial charge in [0.2, 0.25) is 21.8 Å². The van der Waals surface area contributed by atoms with Gasteiger partial charge < -0.3 is 19.7 Å². The van der Waals surface area contributed by atoms with Crippen LogP contribution in [-0.2, 0) is 51.7 Å². The predicted molar refractivity (Wildman–Crippen MR) is 168 cm³/mol. The van der Waals surface area contributed by atoms with Crippen LogP contribution in [0.25, 0.3) is 0 Å². The predicted octanol–water partition coefficient (Wildman–Crippen LogP) is 2.56. The van der Waals surface area contributed by atoms with Crippen LogP contribution in [0.4, 0.5) is 0 Å². The number of hydrogen-bond donors (Lipinski definition) is 2. The van der Waals surface area contributed by atoms with E-state index >= 15 is 0 Å². The monoisotopic (exact) mass is 658 g/mol. The standard InChI is InChI=1S/C33H46N4O8S/c1-5-21-18-33(21,31(41)36-46(42,43)25-13-14-25)35-29(39)27-16-24-19-37(27)30(40)26(32(2,3)4)17-28(38)44-15-8-6-7-10-22-11-9-12-23(34-22)20-45-24/h5,9,11-12,21,24-27H,1,6-8,10,13-20H2,2-4H3,(H,35,39)(H,36,41)/t21-,24-,26-,27+,33-/m1/s1. The van der Waals surface area contributed by atoms with Crippen molar-refractivity contribution >= 4 is 33.7 Å². The zero-order chi connectivity index (χ0) is 33.3. The van der Waals surface area contributed by atoms with Crippen LogP contribution in [0.2, 0.25) is 0 Å². The van der Waals surface area contributed by atoms with Crippen molar-refractivity contribution in [1.29, 1.82) is 0 Å². The summed E-state index contributed by atoms with van der Waals surface area (Å²) in [6, 6.07) is 4.74. The highest BCUT2D eigenvalue weighted by Gasteiger charge is 2.62. The number of aryl methyl sites for hydroxylation is 1. The Morgan fingerprint density at radius 1 is 1.13 bits per heavy atom. The van der Waals surface area contributed by atoms with Gasteiger partial charge in [0.05, 0.1) is 42.6 Å². The summed E-state index contributed by atoms with van der Waals surface area (Å²) in [5.74, 6) is -3.52. The van der Waals surface area contributed by atoms with Crippen molar-refractivity contribution < 1.29 is 37.1 Å². The summed E-state index contributed by atoms with van der Waals surface area (Å²) in [7, 11) is -3.85. The second-order valence-electron chi connectivity index (χ2n) is 14.1. The van der Waals surface area contributed by atoms with E-state index in [0.29, 0.717) is 19.3 Å². The lowest BCUT2D eigenvalue weighted by molar-refractivity contribution is -0.153. The molecule has 1 aromatic heterocycles. The fraction of sp³-hybridized carbons (Fsp3) is 0.667. The molecule has 4 aliphatic rings. The number of cyclic esters (lactones) is 1. The van der Waals surface area contributed by atoms with Gasteiger partial charge in [0.1, 0.15) is 11.6 Å². The maximum atomic E-state index is 14.2. The molecule has 5 atom stereocenters. The van der Waals surface area contributed by atoms with E-state index in [1.165, 1.54) is 11.0 Å². The normalized spacial score (nSPS) is 29.6. The summed E-state index contributed by atoms with van der Waals surface area (Å²) in [5.41, 5.74) is -0.450. The number of aromatic nitrogens is 1. The van der Waals surface area contributed by atoms with E-state index in [-0.39, 0.29) is 44.9 Å². The zero-order valence-electron chi connectivity index (χ0n) is 27.0. The summed E-state index contributed by atoms with van der Waals surface area (Å²) >= 11 is 0. The number of sulfonamides is 1. The summed E-state index contributed by atoms with van der Waals surface area (Å²) < 4.78 is 39.0. The lowest BCUT2D eigenvalue weighted by Crippen LogP contribution is -2.57. The molecule has 252 valence electrons. The number of ether oxygens (including phenoxy) is 2. The van der Waals surface area contributed by atoms with Crippen LogP contribution in [0.5, 0.6) is 0 Å². The van der Waals surface area contributed by atoms with Crippen molar-refractivity contribution in [3.05, 3.63) is 42.2 Å². The molecule has 2 aliphatic carbocycles. The van der Waals surface area contributed by atoms with Crippen LogP contribution in [0, 0.1) is 17.3 Å². The van der Waals surface area contributed by atoms with Crippen LogP contribution in [0.15, 0.2) is 30.9 Å². The van der Waals surface area contributed by atoms with E-state index < -0.39 is 68.0 Å². The Bertz CT molecular complexity index is 1470. The van der Waals surface area contributed by atoms with Gasteiger partial charge in [0.25, 0.3) is 5.91 Å². The third-order valence-corrected chi connectivity index (χ3v) is 11.3. The molecule has 0 spiro atoms. The molecule has 1 aromatic rings. The minimum Gasteiger partial charge on any atom is -0.466 e. The fourth-order valence-corrected chi connectivity index (χ4v) is 7.71. The van der Waals surface area contributed by atoms with Gasteiger partial charge in [-0.05, 0) is 62.5 Å². The van der Waals surface area contributed by atoms with Crippen LogP contribution < -0.4 is 10.0 Å². The maximum Gasteiger partial charge on any atom is 0.306 e. The number of amides is 3. The van der Waals surface area contributed by atoms with Crippen molar-refractivity contribution in [3.63, 3.8) is 0 Å². The van der Waals surface area contributed by atoms with Gasteiger partial charge in [-0.1, -0.05) is 32.9 Å². The van der Waals surface area contributed by atoms with E-state index in [4.69, 9.17) is 14.5 Å². The summed E-state index contributed by atoms with van der Waals surface area (Å²) in [5, 5.41) is 2.19. The molecule has 3 amide bonds. The second kappa shape index (κ2) is 13.4. The molecule has 2 aliphatic heterocycles. The SMILES string of the molecule is C=C[C@@H]1C[C@]1(NC(=O)[C@@H]1C[C@@H]2CN1C(=O)[C@H](C(C)(C)C)CC(=O)OCCCCCc1cccc(n1)CO2)C(=O)NS(=O)(=O)C1CC1. The lowest BCUT2D eigenvalue weighted by Gasteiger charge is -2.35. The molecule has 0 aromatic carbocycles. The Hall–Kier alpha value is -3.32. The van der Waals surface area contributed by atoms with E-state index in [9.17, 15) is 27.6 Å². The number of fused-ring (bicyclic) bond motifs is 4. The summed E-state index contributed by atoms with van der Waals surface area (Å²) in [6.45, 7) is 9.90. The number of pyridine rings is 1. The van der Waals surface area contributed by atoms with E-state index in [1.54, 1.807) is 0 Å². The first-order chi connectivity index (χ1) is 21.7. The molecule has 1 saturated heterocycles. The number of esters is 1. The first-order valence-electron chi connectivity index (χ1n) is 16.3. The number of rotatable bonds is 6. The van der Waals surface area contributed by atoms with Gasteiger partial charge in [-0.15, -0.1) is 6.58 Å². The first-order valence-corrected chi connectivity index (χ1v) is 17.8. The average Bonchev–Trinajstić information content (AvgIpc) is 3.92. The zero-order valence-corrected chi connectivity index (χ0v) is 27.8. The third-order valence-electron chi connectivity index (χ3n) is 9.48. The van der Waals surface area contributed by atoms with Gasteiger partial charge in [-0.25, -0.2) is 8.42 Å². The quantitative estimate of drug-likeness (QED) is 0.346. The number of carbonyl (C=O) groups is 4. The van der Waals surface area contributed by atoms with Crippen molar-refractivity contribution in [2.24, 2.45) is 17.3 Å². The second-order valence-corrected chi connectivity index (χ2v) is 16.1. The summed E-state index contributed by atoms with van der Waals surface area (Å²) in [4.78, 5) is 60.6. The van der Waals surface area contributed by atoms with E-state index in [2.05, 4.69) is 16.6 Å². The number of carbonyl (C=O) groups excluding carboxylic acids is 4. The van der Waals surface area contributed by atoms with Crippen LogP contribution >= 0.6 is 0 Å². The molecule has 0 radical (unpaired) electrons. The molecule has 46 heavy (non-hydrogen) atoms. The van der Waals surface area contributed by atoms with Crippen molar-refractivity contribution in [1.82, 2.24) is 19.9 Å². The van der Waals surface area contributed by atoms with Gasteiger partial charge in [0.15, 0.2) is 0 Å². The lowest BCUT2D eigenvalue weighted by atomic mass is 9.77. The number of nitrogens with one attached hydrogen (secondary N) is 2. The highest BCUT2D eigenvalue weighted by molar-refractivity contribution is 7.91.